The molecule has 2 aliphatic rings. The largest absolute Gasteiger partial charge is 0.485 e. The maximum atomic E-state index is 6.74. The van der Waals surface area contributed by atoms with Gasteiger partial charge in [0.2, 0.25) is 0 Å². The van der Waals surface area contributed by atoms with E-state index in [0.29, 0.717) is 0 Å². The highest BCUT2D eigenvalue weighted by Gasteiger charge is 2.36. The van der Waals surface area contributed by atoms with Crippen LogP contribution in [0.5, 0.6) is 5.75 Å². The number of fused-ring (bicyclic) bond motifs is 10. The van der Waals surface area contributed by atoms with E-state index < -0.39 is 0 Å². The van der Waals surface area contributed by atoms with Crippen LogP contribution in [0.4, 0.5) is 17.1 Å². The number of benzene rings is 9. The van der Waals surface area contributed by atoms with Gasteiger partial charge in [-0.25, -0.2) is 0 Å². The van der Waals surface area contributed by atoms with E-state index in [-0.39, 0.29) is 12.0 Å². The van der Waals surface area contributed by atoms with E-state index in [4.69, 9.17) is 9.15 Å². The number of furan rings is 1. The average Bonchev–Trinajstić information content (AvgIpc) is 4.00. The number of aromatic nitrogens is 1. The summed E-state index contributed by atoms with van der Waals surface area (Å²) < 4.78 is 15.5. The highest BCUT2D eigenvalue weighted by molar-refractivity contribution is 6.10. The molecule has 2 atom stereocenters. The van der Waals surface area contributed by atoms with Crippen molar-refractivity contribution >= 4 is 73.0 Å². The Kier molecular flexibility index (Phi) is 7.70. The molecule has 292 valence electrons. The van der Waals surface area contributed by atoms with Crippen LogP contribution in [-0.4, -0.2) is 10.7 Å². The fraction of sp³-hybridized carbons (Fsp3) is 0.0345. The molecule has 11 aromatic rings. The summed E-state index contributed by atoms with van der Waals surface area (Å²) in [6.07, 6.45) is 4.62. The van der Waals surface area contributed by atoms with Crippen LogP contribution in [0.15, 0.2) is 211 Å². The highest BCUT2D eigenvalue weighted by atomic mass is 16.5. The Hall–Kier alpha value is -8.08. The van der Waals surface area contributed by atoms with E-state index in [1.165, 1.54) is 43.4 Å². The quantitative estimate of drug-likeness (QED) is 0.168. The molecule has 2 aromatic heterocycles. The second kappa shape index (κ2) is 13.7. The second-order valence-electron chi connectivity index (χ2n) is 16.4. The van der Waals surface area contributed by atoms with Crippen LogP contribution >= 0.6 is 0 Å². The van der Waals surface area contributed by atoms with E-state index in [9.17, 15) is 0 Å². The Morgan fingerprint density at radius 2 is 1.05 bits per heavy atom. The van der Waals surface area contributed by atoms with Crippen LogP contribution in [0.3, 0.4) is 0 Å². The number of nitrogens with zero attached hydrogens (tertiary/aromatic N) is 2. The first-order valence-corrected chi connectivity index (χ1v) is 21.3. The van der Waals surface area contributed by atoms with Gasteiger partial charge in [0.15, 0.2) is 0 Å². The van der Waals surface area contributed by atoms with Crippen molar-refractivity contribution in [1.82, 2.24) is 4.57 Å². The van der Waals surface area contributed by atoms with Gasteiger partial charge in [-0.3, -0.25) is 0 Å². The van der Waals surface area contributed by atoms with Crippen molar-refractivity contribution in [1.29, 1.82) is 0 Å². The molecule has 1 aliphatic carbocycles. The fourth-order valence-corrected chi connectivity index (χ4v) is 10.1. The summed E-state index contributed by atoms with van der Waals surface area (Å²) in [6.45, 7) is 0. The third kappa shape index (κ3) is 5.33. The first-order chi connectivity index (χ1) is 30.7. The summed E-state index contributed by atoms with van der Waals surface area (Å²) in [5, 5.41) is 7.18. The van der Waals surface area contributed by atoms with Gasteiger partial charge in [-0.15, -0.1) is 0 Å². The normalized spacial score (nSPS) is 15.2. The summed E-state index contributed by atoms with van der Waals surface area (Å²) in [4.78, 5) is 2.44. The molecule has 2 unspecified atom stereocenters. The molecule has 62 heavy (non-hydrogen) atoms. The molecule has 9 aromatic carbocycles. The molecule has 4 nitrogen and oxygen atoms in total. The molecule has 0 fully saturated rings. The van der Waals surface area contributed by atoms with Crippen LogP contribution in [0.1, 0.15) is 11.5 Å². The monoisotopic (exact) mass is 794 g/mol. The van der Waals surface area contributed by atoms with Crippen LogP contribution in [0.25, 0.3) is 83.8 Å². The third-order valence-corrected chi connectivity index (χ3v) is 12.9. The summed E-state index contributed by atoms with van der Waals surface area (Å²) in [5.74, 6) is 1.03. The SMILES string of the molecule is C1=c2ccccc2=CC2c3c(cccc3-c3ccccc3N(c3ccc(-c4ccc5c(c4)oc4ccccc45)cc3)c3ccccc3-n3c4ccccc4c4ccccc43)OC12. The van der Waals surface area contributed by atoms with E-state index in [1.807, 2.05) is 12.1 Å². The molecule has 3 heterocycles. The molecule has 0 spiro atoms. The van der Waals surface area contributed by atoms with Crippen LogP contribution < -0.4 is 20.1 Å². The first kappa shape index (κ1) is 34.8. The minimum atomic E-state index is -0.0633. The minimum Gasteiger partial charge on any atom is -0.485 e. The lowest BCUT2D eigenvalue weighted by molar-refractivity contribution is 0.288. The smallest absolute Gasteiger partial charge is 0.136 e. The highest BCUT2D eigenvalue weighted by Crippen LogP contribution is 2.50. The Morgan fingerprint density at radius 1 is 0.435 bits per heavy atom. The van der Waals surface area contributed by atoms with Crippen LogP contribution in [0.2, 0.25) is 0 Å². The van der Waals surface area contributed by atoms with Crippen molar-refractivity contribution in [2.24, 2.45) is 0 Å². The summed E-state index contributed by atoms with van der Waals surface area (Å²) in [5.41, 5.74) is 14.2. The molecular formula is C58H38N2O2. The van der Waals surface area contributed by atoms with E-state index in [2.05, 4.69) is 216 Å². The zero-order chi connectivity index (χ0) is 40.7. The zero-order valence-corrected chi connectivity index (χ0v) is 33.7. The van der Waals surface area contributed by atoms with Gasteiger partial charge >= 0.3 is 0 Å². The number of para-hydroxylation sites is 6. The Bertz CT molecular complexity index is 3650. The second-order valence-corrected chi connectivity index (χ2v) is 16.4. The number of anilines is 3. The van der Waals surface area contributed by atoms with Crippen molar-refractivity contribution in [2.75, 3.05) is 4.90 Å². The van der Waals surface area contributed by atoms with Crippen molar-refractivity contribution in [3.63, 3.8) is 0 Å². The lowest BCUT2D eigenvalue weighted by Gasteiger charge is -2.31. The lowest BCUT2D eigenvalue weighted by atomic mass is 9.85. The zero-order valence-electron chi connectivity index (χ0n) is 33.7. The van der Waals surface area contributed by atoms with Gasteiger partial charge < -0.3 is 18.6 Å². The third-order valence-electron chi connectivity index (χ3n) is 12.9. The molecule has 0 radical (unpaired) electrons. The van der Waals surface area contributed by atoms with Crippen molar-refractivity contribution in [2.45, 2.75) is 12.0 Å². The summed E-state index contributed by atoms with van der Waals surface area (Å²) in [6, 6.07) is 74.1. The van der Waals surface area contributed by atoms with Gasteiger partial charge in [0.05, 0.1) is 28.1 Å². The average molecular weight is 795 g/mol. The summed E-state index contributed by atoms with van der Waals surface area (Å²) >= 11 is 0. The standard InChI is InChI=1S/C58H38N2O2/c1-2-15-39-35-57-48(34-38(39)14-1)58-47(20-13-27-55(58)62-57)44-18-5-7-21-49(44)59(41-31-28-37(29-32-41)40-30-33-46-45-19-6-12-26-54(45)61-56(46)36-40)52-24-10-11-25-53(52)60-50-22-8-3-16-42(50)43-17-4-9-23-51(43)60/h1-36,48,57H. The predicted molar refractivity (Wildman–Crippen MR) is 255 cm³/mol. The minimum absolute atomic E-state index is 0.0633. The molecule has 1 aliphatic heterocycles. The topological polar surface area (TPSA) is 30.5 Å². The molecule has 0 bridgehead atoms. The van der Waals surface area contributed by atoms with Gasteiger partial charge in [-0.2, -0.15) is 0 Å². The molecule has 4 heteroatoms. The molecular weight excluding hydrogens is 757 g/mol. The Balaban J connectivity index is 1.02. The molecule has 13 rings (SSSR count). The molecule has 0 N–H and O–H groups in total. The molecule has 0 saturated carbocycles. The van der Waals surface area contributed by atoms with Gasteiger partial charge in [-0.1, -0.05) is 146 Å². The maximum Gasteiger partial charge on any atom is 0.136 e. The van der Waals surface area contributed by atoms with Gasteiger partial charge in [0.1, 0.15) is 23.0 Å². The molecule has 0 saturated heterocycles. The van der Waals surface area contributed by atoms with Gasteiger partial charge in [-0.05, 0) is 99.9 Å². The van der Waals surface area contributed by atoms with Crippen LogP contribution in [-0.2, 0) is 0 Å². The van der Waals surface area contributed by atoms with Crippen LogP contribution in [0, 0.1) is 0 Å². The fourth-order valence-electron chi connectivity index (χ4n) is 10.1. The van der Waals surface area contributed by atoms with E-state index in [0.717, 1.165) is 67.1 Å². The van der Waals surface area contributed by atoms with E-state index >= 15 is 0 Å². The predicted octanol–water partition coefficient (Wildman–Crippen LogP) is 13.6. The van der Waals surface area contributed by atoms with Gasteiger partial charge in [0.25, 0.3) is 0 Å². The van der Waals surface area contributed by atoms with Gasteiger partial charge in [0, 0.05) is 44.3 Å². The maximum absolute atomic E-state index is 6.74. The van der Waals surface area contributed by atoms with E-state index in [1.54, 1.807) is 0 Å². The van der Waals surface area contributed by atoms with Crippen molar-refractivity contribution < 1.29 is 9.15 Å². The number of hydrogen-bond donors (Lipinski definition) is 0. The van der Waals surface area contributed by atoms with Crippen molar-refractivity contribution in [3.8, 4) is 33.7 Å². The number of ether oxygens (including phenoxy) is 1. The summed E-state index contributed by atoms with van der Waals surface area (Å²) in [7, 11) is 0. The molecule has 0 amide bonds. The number of hydrogen-bond acceptors (Lipinski definition) is 3. The first-order valence-electron chi connectivity index (χ1n) is 21.3. The lowest BCUT2D eigenvalue weighted by Crippen LogP contribution is -2.34. The Morgan fingerprint density at radius 3 is 1.85 bits per heavy atom. The van der Waals surface area contributed by atoms with Crippen molar-refractivity contribution in [3.05, 3.63) is 222 Å². The Labute approximate surface area is 358 Å². The number of rotatable bonds is 6.